The summed E-state index contributed by atoms with van der Waals surface area (Å²) in [6.45, 7) is 6.61. The first-order valence-electron chi connectivity index (χ1n) is 6.89. The van der Waals surface area contributed by atoms with E-state index in [0.717, 1.165) is 39.0 Å². The Morgan fingerprint density at radius 1 is 1.50 bits per heavy atom. The minimum absolute atomic E-state index is 0.0937. The average molecular weight is 257 g/mol. The Balaban J connectivity index is 2.51. The number of esters is 1. The van der Waals surface area contributed by atoms with Gasteiger partial charge in [-0.25, -0.2) is 0 Å². The number of rotatable bonds is 6. The quantitative estimate of drug-likeness (QED) is 0.538. The maximum atomic E-state index is 11.2. The fraction of sp³-hybridized carbons (Fsp3) is 0.929. The van der Waals surface area contributed by atoms with Crippen LogP contribution in [-0.4, -0.2) is 50.8 Å². The Labute approximate surface area is 111 Å². The molecule has 0 radical (unpaired) electrons. The fourth-order valence-electron chi connectivity index (χ4n) is 2.80. The van der Waals surface area contributed by atoms with E-state index < -0.39 is 0 Å². The summed E-state index contributed by atoms with van der Waals surface area (Å²) in [5, 5.41) is 0. The molecule has 1 aliphatic rings. The molecule has 1 aliphatic heterocycles. The Morgan fingerprint density at radius 3 is 2.83 bits per heavy atom. The van der Waals surface area contributed by atoms with E-state index in [4.69, 9.17) is 9.47 Å². The molecule has 0 aromatic carbocycles. The second-order valence-corrected chi connectivity index (χ2v) is 5.47. The van der Waals surface area contributed by atoms with Gasteiger partial charge in [0.1, 0.15) is 6.10 Å². The minimum Gasteiger partial charge on any atom is -0.462 e. The summed E-state index contributed by atoms with van der Waals surface area (Å²) in [5.74, 6) is 0.857. The number of methoxy groups -OCH3 is 1. The van der Waals surface area contributed by atoms with Gasteiger partial charge in [0, 0.05) is 39.6 Å². The Hall–Kier alpha value is -0.610. The van der Waals surface area contributed by atoms with E-state index in [1.807, 2.05) is 0 Å². The van der Waals surface area contributed by atoms with Gasteiger partial charge >= 0.3 is 5.97 Å². The van der Waals surface area contributed by atoms with E-state index in [2.05, 4.69) is 18.9 Å². The highest BCUT2D eigenvalue weighted by Crippen LogP contribution is 2.29. The zero-order chi connectivity index (χ0) is 13.5. The van der Waals surface area contributed by atoms with E-state index in [-0.39, 0.29) is 12.1 Å². The Bertz CT molecular complexity index is 257. The SMILES string of the molecule is COCCCC(C)C1CN(C)CCC1OC(C)=O. The van der Waals surface area contributed by atoms with E-state index in [9.17, 15) is 4.79 Å². The monoisotopic (exact) mass is 257 g/mol. The zero-order valence-corrected chi connectivity index (χ0v) is 12.1. The molecule has 1 fully saturated rings. The van der Waals surface area contributed by atoms with Gasteiger partial charge in [0.05, 0.1) is 0 Å². The molecular formula is C14H27NO3. The predicted octanol–water partition coefficient (Wildman–Crippen LogP) is 1.93. The van der Waals surface area contributed by atoms with Crippen molar-refractivity contribution in [3.05, 3.63) is 0 Å². The van der Waals surface area contributed by atoms with E-state index in [1.165, 1.54) is 6.92 Å². The number of hydrogen-bond acceptors (Lipinski definition) is 4. The smallest absolute Gasteiger partial charge is 0.302 e. The highest BCUT2D eigenvalue weighted by molar-refractivity contribution is 5.66. The van der Waals surface area contributed by atoms with Crippen LogP contribution in [0.15, 0.2) is 0 Å². The molecule has 0 aromatic rings. The Kier molecular flexibility index (Phi) is 6.65. The molecule has 0 aliphatic carbocycles. The highest BCUT2D eigenvalue weighted by Gasteiger charge is 2.33. The largest absolute Gasteiger partial charge is 0.462 e. The third-order valence-electron chi connectivity index (χ3n) is 3.85. The van der Waals surface area contributed by atoms with Crippen molar-refractivity contribution >= 4 is 5.97 Å². The number of hydrogen-bond donors (Lipinski definition) is 0. The average Bonchev–Trinajstić information content (AvgIpc) is 2.31. The molecule has 18 heavy (non-hydrogen) atoms. The minimum atomic E-state index is -0.154. The van der Waals surface area contributed by atoms with Crippen LogP contribution in [0.2, 0.25) is 0 Å². The molecule has 4 heteroatoms. The van der Waals surface area contributed by atoms with Gasteiger partial charge in [0.2, 0.25) is 0 Å². The summed E-state index contributed by atoms with van der Waals surface area (Å²) in [4.78, 5) is 13.5. The first-order valence-corrected chi connectivity index (χ1v) is 6.89. The van der Waals surface area contributed by atoms with Crippen LogP contribution >= 0.6 is 0 Å². The molecule has 3 atom stereocenters. The number of likely N-dealkylation sites (tertiary alicyclic amines) is 1. The van der Waals surface area contributed by atoms with Gasteiger partial charge in [0.15, 0.2) is 0 Å². The van der Waals surface area contributed by atoms with Crippen LogP contribution in [0.25, 0.3) is 0 Å². The summed E-state index contributed by atoms with van der Waals surface area (Å²) in [6.07, 6.45) is 3.25. The lowest BCUT2D eigenvalue weighted by molar-refractivity contribution is -0.153. The van der Waals surface area contributed by atoms with Crippen LogP contribution in [0.4, 0.5) is 0 Å². The van der Waals surface area contributed by atoms with Crippen molar-refractivity contribution in [1.29, 1.82) is 0 Å². The van der Waals surface area contributed by atoms with E-state index in [0.29, 0.717) is 11.8 Å². The van der Waals surface area contributed by atoms with Crippen molar-refractivity contribution in [1.82, 2.24) is 4.90 Å². The lowest BCUT2D eigenvalue weighted by Crippen LogP contribution is -2.45. The number of piperidine rings is 1. The molecule has 106 valence electrons. The number of nitrogens with zero attached hydrogens (tertiary/aromatic N) is 1. The molecule has 4 nitrogen and oxygen atoms in total. The first kappa shape index (κ1) is 15.4. The van der Waals surface area contributed by atoms with Crippen molar-refractivity contribution in [3.63, 3.8) is 0 Å². The Morgan fingerprint density at radius 2 is 2.22 bits per heavy atom. The lowest BCUT2D eigenvalue weighted by Gasteiger charge is -2.39. The maximum absolute atomic E-state index is 11.2. The molecule has 0 spiro atoms. The predicted molar refractivity (Wildman–Crippen MR) is 71.4 cm³/mol. The van der Waals surface area contributed by atoms with Crippen molar-refractivity contribution in [2.75, 3.05) is 33.9 Å². The molecular weight excluding hydrogens is 230 g/mol. The zero-order valence-electron chi connectivity index (χ0n) is 12.1. The van der Waals surface area contributed by atoms with Gasteiger partial charge in [-0.05, 0) is 32.2 Å². The summed E-state index contributed by atoms with van der Waals surface area (Å²) in [7, 11) is 3.87. The van der Waals surface area contributed by atoms with Crippen molar-refractivity contribution in [2.24, 2.45) is 11.8 Å². The first-order chi connectivity index (χ1) is 8.54. The summed E-state index contributed by atoms with van der Waals surface area (Å²) in [6, 6.07) is 0. The number of carbonyl (C=O) groups is 1. The van der Waals surface area contributed by atoms with Crippen LogP contribution in [-0.2, 0) is 14.3 Å². The van der Waals surface area contributed by atoms with Crippen molar-refractivity contribution in [2.45, 2.75) is 39.2 Å². The van der Waals surface area contributed by atoms with E-state index in [1.54, 1.807) is 7.11 Å². The molecule has 0 amide bonds. The van der Waals surface area contributed by atoms with Crippen LogP contribution in [0.3, 0.4) is 0 Å². The van der Waals surface area contributed by atoms with Gasteiger partial charge < -0.3 is 14.4 Å². The van der Waals surface area contributed by atoms with E-state index >= 15 is 0 Å². The second kappa shape index (κ2) is 7.74. The van der Waals surface area contributed by atoms with Gasteiger partial charge in [-0.15, -0.1) is 0 Å². The van der Waals surface area contributed by atoms with Crippen LogP contribution in [0, 0.1) is 11.8 Å². The molecule has 0 saturated carbocycles. The second-order valence-electron chi connectivity index (χ2n) is 5.47. The van der Waals surface area contributed by atoms with Gasteiger partial charge in [0.25, 0.3) is 0 Å². The fourth-order valence-corrected chi connectivity index (χ4v) is 2.80. The molecule has 0 bridgehead atoms. The molecule has 1 saturated heterocycles. The topological polar surface area (TPSA) is 38.8 Å². The number of carbonyl (C=O) groups excluding carboxylic acids is 1. The van der Waals surface area contributed by atoms with Gasteiger partial charge in [-0.3, -0.25) is 4.79 Å². The summed E-state index contributed by atoms with van der Waals surface area (Å²) < 4.78 is 10.6. The van der Waals surface area contributed by atoms with Crippen LogP contribution in [0.5, 0.6) is 0 Å². The lowest BCUT2D eigenvalue weighted by atomic mass is 9.82. The maximum Gasteiger partial charge on any atom is 0.302 e. The third kappa shape index (κ3) is 4.94. The molecule has 1 rings (SSSR count). The van der Waals surface area contributed by atoms with Gasteiger partial charge in [-0.2, -0.15) is 0 Å². The molecule has 1 heterocycles. The molecule has 0 aromatic heterocycles. The van der Waals surface area contributed by atoms with Crippen LogP contribution in [0.1, 0.15) is 33.1 Å². The molecule has 0 N–H and O–H groups in total. The van der Waals surface area contributed by atoms with Crippen molar-refractivity contribution < 1.29 is 14.3 Å². The highest BCUT2D eigenvalue weighted by atomic mass is 16.5. The van der Waals surface area contributed by atoms with Crippen molar-refractivity contribution in [3.8, 4) is 0 Å². The summed E-state index contributed by atoms with van der Waals surface area (Å²) in [5.41, 5.74) is 0. The third-order valence-corrected chi connectivity index (χ3v) is 3.85. The van der Waals surface area contributed by atoms with Gasteiger partial charge in [-0.1, -0.05) is 6.92 Å². The molecule has 3 unspecified atom stereocenters. The normalized spacial score (nSPS) is 26.9. The standard InChI is InChI=1S/C14H27NO3/c1-11(6-5-9-17-4)13-10-15(3)8-7-14(13)18-12(2)16/h11,13-14H,5-10H2,1-4H3. The summed E-state index contributed by atoms with van der Waals surface area (Å²) >= 11 is 0. The number of ether oxygens (including phenoxy) is 2. The van der Waals surface area contributed by atoms with Crippen LogP contribution < -0.4 is 0 Å².